The summed E-state index contributed by atoms with van der Waals surface area (Å²) >= 11 is 0. The Bertz CT molecular complexity index is 460. The van der Waals surface area contributed by atoms with E-state index in [1.54, 1.807) is 0 Å². The van der Waals surface area contributed by atoms with E-state index in [0.717, 1.165) is 44.9 Å². The molecule has 0 aromatic heterocycles. The number of hydrogen-bond acceptors (Lipinski definition) is 2. The molecule has 3 heteroatoms. The number of allylic oxidation sites excluding steroid dienone is 6. The van der Waals surface area contributed by atoms with Gasteiger partial charge in [0.05, 0.1) is 0 Å². The molecule has 0 bridgehead atoms. The Balaban J connectivity index is 3.76. The van der Waals surface area contributed by atoms with Crippen molar-refractivity contribution in [3.63, 3.8) is 0 Å². The molecule has 0 aliphatic carbocycles. The number of aliphatic carboxylic acids is 1. The van der Waals surface area contributed by atoms with Gasteiger partial charge in [0.2, 0.25) is 5.78 Å². The van der Waals surface area contributed by atoms with Crippen LogP contribution >= 0.6 is 0 Å². The normalized spacial score (nSPS) is 13.1. The van der Waals surface area contributed by atoms with E-state index in [4.69, 9.17) is 5.11 Å². The molecule has 0 amide bonds. The van der Waals surface area contributed by atoms with E-state index in [0.29, 0.717) is 12.8 Å². The van der Waals surface area contributed by atoms with Crippen LogP contribution in [0.3, 0.4) is 0 Å². The van der Waals surface area contributed by atoms with E-state index in [-0.39, 0.29) is 5.92 Å². The highest BCUT2D eigenvalue weighted by Gasteiger charge is 2.22. The van der Waals surface area contributed by atoms with E-state index in [1.807, 2.05) is 6.08 Å². The highest BCUT2D eigenvalue weighted by atomic mass is 16.4. The molecule has 0 spiro atoms. The van der Waals surface area contributed by atoms with Gasteiger partial charge in [-0.25, -0.2) is 4.79 Å². The topological polar surface area (TPSA) is 54.4 Å². The van der Waals surface area contributed by atoms with Crippen LogP contribution in [0.4, 0.5) is 0 Å². The summed E-state index contributed by atoms with van der Waals surface area (Å²) in [4.78, 5) is 22.6. The first-order valence-corrected chi connectivity index (χ1v) is 10.9. The minimum absolute atomic E-state index is 0.364. The first-order chi connectivity index (χ1) is 13.1. The Morgan fingerprint density at radius 1 is 0.741 bits per heavy atom. The van der Waals surface area contributed by atoms with Gasteiger partial charge in [0.1, 0.15) is 0 Å². The van der Waals surface area contributed by atoms with Crippen molar-refractivity contribution < 1.29 is 14.7 Å². The smallest absolute Gasteiger partial charge is 0.372 e. The molecule has 0 aliphatic heterocycles. The average Bonchev–Trinajstić information content (AvgIpc) is 2.66. The summed E-state index contributed by atoms with van der Waals surface area (Å²) in [5, 5.41) is 8.89. The summed E-state index contributed by atoms with van der Waals surface area (Å²) < 4.78 is 0. The Morgan fingerprint density at radius 2 is 1.26 bits per heavy atom. The first-order valence-electron chi connectivity index (χ1n) is 10.9. The molecule has 0 aromatic rings. The van der Waals surface area contributed by atoms with E-state index in [2.05, 4.69) is 44.2 Å². The molecule has 0 heterocycles. The molecule has 0 saturated carbocycles. The van der Waals surface area contributed by atoms with Gasteiger partial charge >= 0.3 is 5.97 Å². The predicted octanol–water partition coefficient (Wildman–Crippen LogP) is 7.04. The van der Waals surface area contributed by atoms with Crippen molar-refractivity contribution in [3.05, 3.63) is 36.5 Å². The van der Waals surface area contributed by atoms with Crippen molar-refractivity contribution in [3.8, 4) is 0 Å². The number of unbranched alkanes of at least 4 members (excludes halogenated alkanes) is 7. The van der Waals surface area contributed by atoms with Crippen LogP contribution in [0.5, 0.6) is 0 Å². The quantitative estimate of drug-likeness (QED) is 0.159. The molecule has 27 heavy (non-hydrogen) atoms. The van der Waals surface area contributed by atoms with Crippen LogP contribution in [0.1, 0.15) is 97.3 Å². The fourth-order valence-electron chi connectivity index (χ4n) is 2.90. The minimum Gasteiger partial charge on any atom is -0.475 e. The molecular formula is C24H40O3. The second-order valence-corrected chi connectivity index (χ2v) is 7.17. The zero-order valence-electron chi connectivity index (χ0n) is 17.5. The highest BCUT2D eigenvalue weighted by Crippen LogP contribution is 2.15. The van der Waals surface area contributed by atoms with Crippen LogP contribution in [0, 0.1) is 5.92 Å². The van der Waals surface area contributed by atoms with Gasteiger partial charge in [0, 0.05) is 5.92 Å². The summed E-state index contributed by atoms with van der Waals surface area (Å²) in [5.41, 5.74) is 0. The molecule has 0 saturated heterocycles. The molecule has 1 N–H and O–H groups in total. The van der Waals surface area contributed by atoms with Crippen LogP contribution < -0.4 is 0 Å². The fraction of sp³-hybridized carbons (Fsp3) is 0.667. The number of rotatable bonds is 18. The number of ketones is 1. The zero-order chi connectivity index (χ0) is 20.2. The highest BCUT2D eigenvalue weighted by molar-refractivity contribution is 6.33. The number of Topliss-reactive ketones (excluding diaryl/α,β-unsaturated/α-hetero) is 1. The molecule has 0 aliphatic rings. The Hall–Kier alpha value is -1.64. The Labute approximate surface area is 166 Å². The Morgan fingerprint density at radius 3 is 1.78 bits per heavy atom. The molecule has 3 nitrogen and oxygen atoms in total. The molecule has 1 atom stereocenters. The van der Waals surface area contributed by atoms with Crippen molar-refractivity contribution in [1.29, 1.82) is 0 Å². The predicted molar refractivity (Wildman–Crippen MR) is 115 cm³/mol. The minimum atomic E-state index is -1.30. The molecular weight excluding hydrogens is 336 g/mol. The lowest BCUT2D eigenvalue weighted by molar-refractivity contribution is -0.151. The number of carboxylic acid groups (broad SMARTS) is 1. The third-order valence-electron chi connectivity index (χ3n) is 4.65. The van der Waals surface area contributed by atoms with Gasteiger partial charge in [0.15, 0.2) is 0 Å². The molecule has 0 aromatic carbocycles. The monoisotopic (exact) mass is 376 g/mol. The van der Waals surface area contributed by atoms with Crippen molar-refractivity contribution in [2.24, 2.45) is 5.92 Å². The van der Waals surface area contributed by atoms with Crippen molar-refractivity contribution in [2.45, 2.75) is 97.3 Å². The lowest BCUT2D eigenvalue weighted by Crippen LogP contribution is -2.23. The summed E-state index contributed by atoms with van der Waals surface area (Å²) in [6.45, 7) is 4.28. The van der Waals surface area contributed by atoms with Crippen LogP contribution in [-0.2, 0) is 9.59 Å². The molecule has 0 fully saturated rings. The number of carboxylic acids is 1. The molecule has 1 unspecified atom stereocenters. The standard InChI is InChI=1S/C24H40O3/c1-3-5-7-8-9-10-11-12-13-14-15-16-17-18-19-21-22(20-6-4-2)23(25)24(26)27/h9-10,12-13,18-19,22H,3-8,11,14-17,20-21H2,1-2H3,(H,26,27). The first kappa shape index (κ1) is 25.4. The van der Waals surface area contributed by atoms with Crippen molar-refractivity contribution in [1.82, 2.24) is 0 Å². The van der Waals surface area contributed by atoms with Gasteiger partial charge in [-0.2, -0.15) is 0 Å². The van der Waals surface area contributed by atoms with Gasteiger partial charge < -0.3 is 5.11 Å². The molecule has 154 valence electrons. The SMILES string of the molecule is CCCCCC=CCC=CCCCCC=CCC(CCCC)C(=O)C(=O)O. The lowest BCUT2D eigenvalue weighted by Gasteiger charge is -2.10. The second-order valence-electron chi connectivity index (χ2n) is 7.17. The van der Waals surface area contributed by atoms with E-state index >= 15 is 0 Å². The van der Waals surface area contributed by atoms with Gasteiger partial charge in [-0.3, -0.25) is 4.79 Å². The Kier molecular flexibility index (Phi) is 18.0. The maximum absolute atomic E-state index is 11.7. The largest absolute Gasteiger partial charge is 0.475 e. The lowest BCUT2D eigenvalue weighted by atomic mass is 9.93. The van der Waals surface area contributed by atoms with E-state index in [1.165, 1.54) is 25.7 Å². The second kappa shape index (κ2) is 19.1. The van der Waals surface area contributed by atoms with Crippen LogP contribution in [0.25, 0.3) is 0 Å². The number of hydrogen-bond donors (Lipinski definition) is 1. The van der Waals surface area contributed by atoms with E-state index in [9.17, 15) is 9.59 Å². The fourth-order valence-corrected chi connectivity index (χ4v) is 2.90. The van der Waals surface area contributed by atoms with Crippen LogP contribution in [-0.4, -0.2) is 16.9 Å². The zero-order valence-corrected chi connectivity index (χ0v) is 17.5. The third-order valence-corrected chi connectivity index (χ3v) is 4.65. The van der Waals surface area contributed by atoms with Gasteiger partial charge in [-0.1, -0.05) is 76.0 Å². The summed E-state index contributed by atoms with van der Waals surface area (Å²) in [6.07, 6.45) is 26.7. The van der Waals surface area contributed by atoms with Crippen molar-refractivity contribution >= 4 is 11.8 Å². The maximum Gasteiger partial charge on any atom is 0.372 e. The average molecular weight is 377 g/mol. The molecule has 0 rings (SSSR count). The van der Waals surface area contributed by atoms with E-state index < -0.39 is 11.8 Å². The van der Waals surface area contributed by atoms with Crippen LogP contribution in [0.15, 0.2) is 36.5 Å². The van der Waals surface area contributed by atoms with Crippen molar-refractivity contribution in [2.75, 3.05) is 0 Å². The number of carbonyl (C=O) groups excluding carboxylic acids is 1. The summed E-state index contributed by atoms with van der Waals surface area (Å²) in [7, 11) is 0. The van der Waals surface area contributed by atoms with Gasteiger partial charge in [0.25, 0.3) is 0 Å². The summed E-state index contributed by atoms with van der Waals surface area (Å²) in [6, 6.07) is 0. The summed E-state index contributed by atoms with van der Waals surface area (Å²) in [5.74, 6) is -2.30. The third kappa shape index (κ3) is 16.3. The maximum atomic E-state index is 11.7. The van der Waals surface area contributed by atoms with Gasteiger partial charge in [-0.15, -0.1) is 0 Å². The van der Waals surface area contributed by atoms with Crippen LogP contribution in [0.2, 0.25) is 0 Å². The van der Waals surface area contributed by atoms with Gasteiger partial charge in [-0.05, 0) is 57.8 Å². The number of carbonyl (C=O) groups is 2. The molecule has 0 radical (unpaired) electrons.